The molecule has 2 rings (SSSR count). The summed E-state index contributed by atoms with van der Waals surface area (Å²) in [5.41, 5.74) is -0.115. The van der Waals surface area contributed by atoms with Gasteiger partial charge in [0.15, 0.2) is 0 Å². The molecule has 1 aromatic heterocycles. The summed E-state index contributed by atoms with van der Waals surface area (Å²) < 4.78 is 19.4. The molecule has 2 aromatic rings. The molecule has 0 atom stereocenters. The fourth-order valence-corrected chi connectivity index (χ4v) is 1.59. The number of benzene rings is 1. The van der Waals surface area contributed by atoms with Gasteiger partial charge in [0.25, 0.3) is 0 Å². The third-order valence-electron chi connectivity index (χ3n) is 2.04. The maximum absolute atomic E-state index is 13.3. The van der Waals surface area contributed by atoms with E-state index >= 15 is 0 Å². The van der Waals surface area contributed by atoms with Crippen LogP contribution < -0.4 is 4.74 Å². The predicted molar refractivity (Wildman–Crippen MR) is 63.1 cm³/mol. The first kappa shape index (κ1) is 11.6. The molecule has 0 aliphatic heterocycles. The van der Waals surface area contributed by atoms with Gasteiger partial charge in [-0.2, -0.15) is 5.26 Å². The van der Waals surface area contributed by atoms with Gasteiger partial charge in [-0.15, -0.1) is 0 Å². The van der Waals surface area contributed by atoms with Gasteiger partial charge in [0.1, 0.15) is 28.9 Å². The monoisotopic (exact) mass is 292 g/mol. The lowest BCUT2D eigenvalue weighted by atomic mass is 10.2. The van der Waals surface area contributed by atoms with Crippen LogP contribution in [0.15, 0.2) is 41.1 Å². The molecule has 1 aromatic carbocycles. The average molecular weight is 293 g/mol. The summed E-state index contributed by atoms with van der Waals surface area (Å²) in [4.78, 5) is 3.88. The van der Waals surface area contributed by atoms with Crippen LogP contribution in [0.2, 0.25) is 0 Å². The highest BCUT2D eigenvalue weighted by molar-refractivity contribution is 9.10. The number of rotatable bonds is 2. The largest absolute Gasteiger partial charge is 0.455 e. The molecule has 0 saturated carbocycles. The number of nitriles is 1. The molecule has 0 unspecified atom stereocenters. The van der Waals surface area contributed by atoms with E-state index in [0.717, 1.165) is 0 Å². The second-order valence-electron chi connectivity index (χ2n) is 3.13. The lowest BCUT2D eigenvalue weighted by molar-refractivity contribution is 0.471. The van der Waals surface area contributed by atoms with E-state index in [9.17, 15) is 4.39 Å². The standard InChI is InChI=1S/C12H6BrFN2O/c13-9-7-16-5-4-12(9)17-11-3-1-2-10(14)8(11)6-15/h1-5,7H. The van der Waals surface area contributed by atoms with Gasteiger partial charge in [-0.3, -0.25) is 4.98 Å². The smallest absolute Gasteiger partial charge is 0.148 e. The van der Waals surface area contributed by atoms with E-state index in [1.807, 2.05) is 0 Å². The highest BCUT2D eigenvalue weighted by Gasteiger charge is 2.10. The van der Waals surface area contributed by atoms with E-state index in [-0.39, 0.29) is 11.3 Å². The Labute approximate surface area is 106 Å². The molecule has 0 aliphatic carbocycles. The Bertz CT molecular complexity index is 595. The molecule has 5 heteroatoms. The fourth-order valence-electron chi connectivity index (χ4n) is 1.26. The molecule has 0 spiro atoms. The van der Waals surface area contributed by atoms with Gasteiger partial charge in [-0.05, 0) is 28.1 Å². The highest BCUT2D eigenvalue weighted by Crippen LogP contribution is 2.31. The molecule has 17 heavy (non-hydrogen) atoms. The van der Waals surface area contributed by atoms with E-state index in [0.29, 0.717) is 10.2 Å². The molecule has 1 heterocycles. The Hall–Kier alpha value is -1.93. The van der Waals surface area contributed by atoms with Crippen LogP contribution in [0.1, 0.15) is 5.56 Å². The van der Waals surface area contributed by atoms with Crippen LogP contribution in [0.5, 0.6) is 11.5 Å². The van der Waals surface area contributed by atoms with E-state index < -0.39 is 5.82 Å². The average Bonchev–Trinajstić information content (AvgIpc) is 2.32. The molecule has 0 N–H and O–H groups in total. The molecule has 0 amide bonds. The van der Waals surface area contributed by atoms with Crippen molar-refractivity contribution < 1.29 is 9.13 Å². The SMILES string of the molecule is N#Cc1c(F)cccc1Oc1ccncc1Br. The molecule has 3 nitrogen and oxygen atoms in total. The third-order valence-corrected chi connectivity index (χ3v) is 2.64. The summed E-state index contributed by atoms with van der Waals surface area (Å²) in [6.45, 7) is 0. The minimum absolute atomic E-state index is 0.115. The van der Waals surface area contributed by atoms with Gasteiger partial charge in [-0.1, -0.05) is 6.07 Å². The maximum atomic E-state index is 13.3. The summed E-state index contributed by atoms with van der Waals surface area (Å²) in [6.07, 6.45) is 3.10. The Morgan fingerprint density at radius 1 is 1.29 bits per heavy atom. The molecule has 0 bridgehead atoms. The van der Waals surface area contributed by atoms with Crippen LogP contribution in [0.3, 0.4) is 0 Å². The van der Waals surface area contributed by atoms with Crippen molar-refractivity contribution in [3.8, 4) is 17.6 Å². The molecule has 0 saturated heterocycles. The van der Waals surface area contributed by atoms with E-state index in [1.165, 1.54) is 18.2 Å². The van der Waals surface area contributed by atoms with Crippen molar-refractivity contribution in [2.24, 2.45) is 0 Å². The minimum atomic E-state index is -0.602. The Morgan fingerprint density at radius 2 is 2.12 bits per heavy atom. The van der Waals surface area contributed by atoms with Gasteiger partial charge in [0, 0.05) is 18.5 Å². The van der Waals surface area contributed by atoms with Crippen molar-refractivity contribution in [1.29, 1.82) is 5.26 Å². The fraction of sp³-hybridized carbons (Fsp3) is 0. The number of hydrogen-bond donors (Lipinski definition) is 0. The minimum Gasteiger partial charge on any atom is -0.455 e. The summed E-state index contributed by atoms with van der Waals surface area (Å²) in [6, 6.07) is 7.63. The molecular formula is C12H6BrFN2O. The predicted octanol–water partition coefficient (Wildman–Crippen LogP) is 3.65. The number of aromatic nitrogens is 1. The number of hydrogen-bond acceptors (Lipinski definition) is 3. The number of pyridine rings is 1. The topological polar surface area (TPSA) is 45.9 Å². The Balaban J connectivity index is 2.41. The summed E-state index contributed by atoms with van der Waals surface area (Å²) in [5, 5.41) is 8.85. The first-order valence-electron chi connectivity index (χ1n) is 4.68. The number of ether oxygens (including phenoxy) is 1. The van der Waals surface area contributed by atoms with Crippen molar-refractivity contribution in [1.82, 2.24) is 4.98 Å². The number of halogens is 2. The third kappa shape index (κ3) is 2.43. The van der Waals surface area contributed by atoms with Crippen molar-refractivity contribution >= 4 is 15.9 Å². The lowest BCUT2D eigenvalue weighted by Crippen LogP contribution is -1.92. The summed E-state index contributed by atoms with van der Waals surface area (Å²) >= 11 is 3.25. The first-order chi connectivity index (χ1) is 8.22. The van der Waals surface area contributed by atoms with Crippen LogP contribution in [-0.4, -0.2) is 4.98 Å². The zero-order valence-corrected chi connectivity index (χ0v) is 10.1. The van der Waals surface area contributed by atoms with Crippen molar-refractivity contribution in [3.05, 3.63) is 52.5 Å². The van der Waals surface area contributed by atoms with Gasteiger partial charge < -0.3 is 4.74 Å². The van der Waals surface area contributed by atoms with Crippen LogP contribution >= 0.6 is 15.9 Å². The highest BCUT2D eigenvalue weighted by atomic mass is 79.9. The molecular weight excluding hydrogens is 287 g/mol. The van der Waals surface area contributed by atoms with Crippen molar-refractivity contribution in [2.75, 3.05) is 0 Å². The van der Waals surface area contributed by atoms with E-state index in [4.69, 9.17) is 10.00 Å². The normalized spacial score (nSPS) is 9.71. The van der Waals surface area contributed by atoms with E-state index in [2.05, 4.69) is 20.9 Å². The van der Waals surface area contributed by atoms with Gasteiger partial charge >= 0.3 is 0 Å². The summed E-state index contributed by atoms with van der Waals surface area (Å²) in [5.74, 6) is 0.0525. The second kappa shape index (κ2) is 4.93. The zero-order chi connectivity index (χ0) is 12.3. The first-order valence-corrected chi connectivity index (χ1v) is 5.47. The second-order valence-corrected chi connectivity index (χ2v) is 3.99. The Morgan fingerprint density at radius 3 is 2.82 bits per heavy atom. The molecule has 0 fully saturated rings. The quantitative estimate of drug-likeness (QED) is 0.849. The van der Waals surface area contributed by atoms with Crippen LogP contribution in [0.4, 0.5) is 4.39 Å². The van der Waals surface area contributed by atoms with Crippen molar-refractivity contribution in [2.45, 2.75) is 0 Å². The van der Waals surface area contributed by atoms with Gasteiger partial charge in [-0.25, -0.2) is 4.39 Å². The van der Waals surface area contributed by atoms with Gasteiger partial charge in [0.2, 0.25) is 0 Å². The maximum Gasteiger partial charge on any atom is 0.148 e. The Kier molecular flexibility index (Phi) is 3.35. The van der Waals surface area contributed by atoms with Crippen LogP contribution in [0.25, 0.3) is 0 Å². The van der Waals surface area contributed by atoms with Crippen molar-refractivity contribution in [3.63, 3.8) is 0 Å². The van der Waals surface area contributed by atoms with E-state index in [1.54, 1.807) is 24.5 Å². The summed E-state index contributed by atoms with van der Waals surface area (Å²) in [7, 11) is 0. The lowest BCUT2D eigenvalue weighted by Gasteiger charge is -2.08. The molecule has 0 radical (unpaired) electrons. The molecule has 0 aliphatic rings. The van der Waals surface area contributed by atoms with Crippen LogP contribution in [0, 0.1) is 17.1 Å². The van der Waals surface area contributed by atoms with Gasteiger partial charge in [0.05, 0.1) is 4.47 Å². The zero-order valence-electron chi connectivity index (χ0n) is 8.52. The van der Waals surface area contributed by atoms with Crippen LogP contribution in [-0.2, 0) is 0 Å². The number of nitrogens with zero attached hydrogens (tertiary/aromatic N) is 2. The molecule has 84 valence electrons.